The molecular weight excluding hydrogens is 160 g/mol. The van der Waals surface area contributed by atoms with Crippen LogP contribution in [0, 0.1) is 17.8 Å². The molecule has 0 saturated heterocycles. The van der Waals surface area contributed by atoms with E-state index in [-0.39, 0.29) is 0 Å². The zero-order valence-corrected chi connectivity index (χ0v) is 8.17. The number of allylic oxidation sites excluding steroid dienone is 1. The normalized spacial score (nSPS) is 36.5. The van der Waals surface area contributed by atoms with E-state index in [1.54, 1.807) is 6.08 Å². The van der Waals surface area contributed by atoms with Gasteiger partial charge in [-0.1, -0.05) is 12.5 Å². The lowest BCUT2D eigenvalue weighted by molar-refractivity contribution is -0.119. The molecule has 2 aliphatic carbocycles. The van der Waals surface area contributed by atoms with Gasteiger partial charge in [-0.2, -0.15) is 0 Å². The first-order chi connectivity index (χ1) is 6.29. The monoisotopic (exact) mass is 178 g/mol. The fraction of sp³-hybridized carbons (Fsp3) is 0.750. The molecule has 2 aliphatic rings. The maximum absolute atomic E-state index is 11.4. The Balaban J connectivity index is 1.82. The van der Waals surface area contributed by atoms with Gasteiger partial charge in [0.15, 0.2) is 0 Å². The van der Waals surface area contributed by atoms with Crippen LogP contribution in [0.5, 0.6) is 0 Å². The van der Waals surface area contributed by atoms with Crippen molar-refractivity contribution in [2.75, 3.05) is 0 Å². The van der Waals surface area contributed by atoms with E-state index in [4.69, 9.17) is 0 Å². The van der Waals surface area contributed by atoms with Crippen molar-refractivity contribution in [2.24, 2.45) is 17.8 Å². The molecule has 2 fully saturated rings. The summed E-state index contributed by atoms with van der Waals surface area (Å²) < 4.78 is 0. The van der Waals surface area contributed by atoms with Crippen LogP contribution >= 0.6 is 0 Å². The lowest BCUT2D eigenvalue weighted by Gasteiger charge is -2.20. The molecule has 0 heterocycles. The highest BCUT2D eigenvalue weighted by atomic mass is 16.1. The summed E-state index contributed by atoms with van der Waals surface area (Å²) in [4.78, 5) is 11.4. The minimum atomic E-state index is 0.396. The number of Topliss-reactive ketones (excluding diaryl/α,β-unsaturated/α-hetero) is 1. The number of ketones is 1. The quantitative estimate of drug-likeness (QED) is 0.605. The van der Waals surface area contributed by atoms with Crippen LogP contribution < -0.4 is 0 Å². The van der Waals surface area contributed by atoms with Crippen molar-refractivity contribution in [3.05, 3.63) is 12.7 Å². The van der Waals surface area contributed by atoms with Gasteiger partial charge in [0.05, 0.1) is 0 Å². The van der Waals surface area contributed by atoms with Crippen molar-refractivity contribution >= 4 is 5.78 Å². The van der Waals surface area contributed by atoms with Crippen LogP contribution in [0.3, 0.4) is 0 Å². The molecule has 0 aromatic rings. The Morgan fingerprint density at radius 3 is 2.77 bits per heavy atom. The second-order valence-electron chi connectivity index (χ2n) is 4.67. The third-order valence-electron chi connectivity index (χ3n) is 3.75. The summed E-state index contributed by atoms with van der Waals surface area (Å²) in [5, 5.41) is 0. The lowest BCUT2D eigenvalue weighted by Crippen LogP contribution is -2.14. The van der Waals surface area contributed by atoms with Gasteiger partial charge in [0.2, 0.25) is 0 Å². The molecule has 0 aliphatic heterocycles. The molecule has 3 atom stereocenters. The molecule has 72 valence electrons. The molecule has 0 amide bonds. The largest absolute Gasteiger partial charge is 0.299 e. The van der Waals surface area contributed by atoms with E-state index in [0.29, 0.717) is 12.2 Å². The SMILES string of the molecule is C=CCC(=O)CC1CC2CCC1C2. The maximum atomic E-state index is 11.4. The van der Waals surface area contributed by atoms with Crippen LogP contribution in [0.25, 0.3) is 0 Å². The van der Waals surface area contributed by atoms with Gasteiger partial charge in [0.1, 0.15) is 5.78 Å². The Bertz CT molecular complexity index is 219. The van der Waals surface area contributed by atoms with Crippen molar-refractivity contribution < 1.29 is 4.79 Å². The standard InChI is InChI=1S/C12H18O/c1-2-3-12(13)8-11-7-9-4-5-10(11)6-9/h2,9-11H,1,3-8H2. The first-order valence-corrected chi connectivity index (χ1v) is 5.42. The van der Waals surface area contributed by atoms with Gasteiger partial charge < -0.3 is 0 Å². The van der Waals surface area contributed by atoms with Crippen molar-refractivity contribution in [2.45, 2.75) is 38.5 Å². The van der Waals surface area contributed by atoms with Gasteiger partial charge in [-0.15, -0.1) is 6.58 Å². The van der Waals surface area contributed by atoms with E-state index in [2.05, 4.69) is 6.58 Å². The Labute approximate surface area is 80.2 Å². The molecule has 1 heteroatoms. The van der Waals surface area contributed by atoms with E-state index in [1.807, 2.05) is 0 Å². The second-order valence-corrected chi connectivity index (χ2v) is 4.67. The number of carbonyl (C=O) groups is 1. The van der Waals surface area contributed by atoms with Crippen LogP contribution in [0.2, 0.25) is 0 Å². The highest BCUT2D eigenvalue weighted by Gasteiger charge is 2.39. The molecule has 2 saturated carbocycles. The number of hydrogen-bond donors (Lipinski definition) is 0. The highest BCUT2D eigenvalue weighted by molar-refractivity contribution is 5.80. The summed E-state index contributed by atoms with van der Waals surface area (Å²) >= 11 is 0. The van der Waals surface area contributed by atoms with Gasteiger partial charge in [0.25, 0.3) is 0 Å². The smallest absolute Gasteiger partial charge is 0.136 e. The Kier molecular flexibility index (Phi) is 2.52. The average Bonchev–Trinajstić information content (AvgIpc) is 2.65. The summed E-state index contributed by atoms with van der Waals surface area (Å²) in [5.74, 6) is 2.98. The van der Waals surface area contributed by atoms with E-state index in [0.717, 1.165) is 24.2 Å². The van der Waals surface area contributed by atoms with Crippen LogP contribution in [-0.2, 0) is 4.79 Å². The third kappa shape index (κ3) is 1.84. The van der Waals surface area contributed by atoms with Crippen molar-refractivity contribution in [1.29, 1.82) is 0 Å². The molecule has 1 nitrogen and oxygen atoms in total. The van der Waals surface area contributed by atoms with E-state index in [9.17, 15) is 4.79 Å². The molecular formula is C12H18O. The average molecular weight is 178 g/mol. The zero-order valence-electron chi connectivity index (χ0n) is 8.17. The van der Waals surface area contributed by atoms with E-state index < -0.39 is 0 Å². The van der Waals surface area contributed by atoms with Crippen molar-refractivity contribution in [1.82, 2.24) is 0 Å². The fourth-order valence-electron chi connectivity index (χ4n) is 3.16. The van der Waals surface area contributed by atoms with Gasteiger partial charge in [0, 0.05) is 12.8 Å². The molecule has 0 N–H and O–H groups in total. The first-order valence-electron chi connectivity index (χ1n) is 5.42. The summed E-state index contributed by atoms with van der Waals surface area (Å²) in [7, 11) is 0. The molecule has 0 radical (unpaired) electrons. The summed E-state index contributed by atoms with van der Waals surface area (Å²) in [5.41, 5.74) is 0. The molecule has 2 bridgehead atoms. The predicted molar refractivity (Wildman–Crippen MR) is 53.4 cm³/mol. The fourth-order valence-corrected chi connectivity index (χ4v) is 3.16. The van der Waals surface area contributed by atoms with Crippen LogP contribution in [0.4, 0.5) is 0 Å². The van der Waals surface area contributed by atoms with Crippen LogP contribution in [-0.4, -0.2) is 5.78 Å². The topological polar surface area (TPSA) is 17.1 Å². The number of carbonyl (C=O) groups excluding carboxylic acids is 1. The highest BCUT2D eigenvalue weighted by Crippen LogP contribution is 2.49. The molecule has 2 rings (SSSR count). The predicted octanol–water partition coefficient (Wildman–Crippen LogP) is 2.96. The van der Waals surface area contributed by atoms with Gasteiger partial charge in [-0.3, -0.25) is 4.79 Å². The van der Waals surface area contributed by atoms with E-state index >= 15 is 0 Å². The molecule has 3 unspecified atom stereocenters. The lowest BCUT2D eigenvalue weighted by atomic mass is 9.85. The Morgan fingerprint density at radius 1 is 1.38 bits per heavy atom. The van der Waals surface area contributed by atoms with Crippen molar-refractivity contribution in [3.8, 4) is 0 Å². The summed E-state index contributed by atoms with van der Waals surface area (Å²) in [6, 6.07) is 0. The Hall–Kier alpha value is -0.590. The molecule has 0 aromatic heterocycles. The molecule has 13 heavy (non-hydrogen) atoms. The van der Waals surface area contributed by atoms with Crippen LogP contribution in [0.15, 0.2) is 12.7 Å². The van der Waals surface area contributed by atoms with Gasteiger partial charge in [-0.25, -0.2) is 0 Å². The molecule has 0 aromatic carbocycles. The zero-order chi connectivity index (χ0) is 9.26. The Morgan fingerprint density at radius 2 is 2.23 bits per heavy atom. The first kappa shape index (κ1) is 8.98. The second kappa shape index (κ2) is 3.65. The summed E-state index contributed by atoms with van der Waals surface area (Å²) in [6.45, 7) is 3.60. The summed E-state index contributed by atoms with van der Waals surface area (Å²) in [6.07, 6.45) is 8.68. The van der Waals surface area contributed by atoms with Gasteiger partial charge in [-0.05, 0) is 37.0 Å². The maximum Gasteiger partial charge on any atom is 0.136 e. The van der Waals surface area contributed by atoms with Gasteiger partial charge >= 0.3 is 0 Å². The van der Waals surface area contributed by atoms with Crippen molar-refractivity contribution in [3.63, 3.8) is 0 Å². The van der Waals surface area contributed by atoms with E-state index in [1.165, 1.54) is 25.7 Å². The number of hydrogen-bond acceptors (Lipinski definition) is 1. The number of fused-ring (bicyclic) bond motifs is 2. The van der Waals surface area contributed by atoms with Crippen LogP contribution in [0.1, 0.15) is 38.5 Å². The minimum Gasteiger partial charge on any atom is -0.299 e. The number of rotatable bonds is 4. The molecule has 0 spiro atoms. The minimum absolute atomic E-state index is 0.396. The third-order valence-corrected chi connectivity index (χ3v) is 3.75.